The van der Waals surface area contributed by atoms with Crippen molar-refractivity contribution in [3.05, 3.63) is 0 Å². The molecule has 3 nitrogen and oxygen atoms in total. The zero-order valence-electron chi connectivity index (χ0n) is 11.9. The fourth-order valence-corrected chi connectivity index (χ4v) is 2.84. The predicted octanol–water partition coefficient (Wildman–Crippen LogP) is 3.29. The van der Waals surface area contributed by atoms with Crippen LogP contribution in [0.25, 0.3) is 0 Å². The first-order chi connectivity index (χ1) is 6.95. The van der Waals surface area contributed by atoms with Crippen molar-refractivity contribution in [1.82, 2.24) is 4.31 Å². The van der Waals surface area contributed by atoms with E-state index in [2.05, 4.69) is 27.7 Å². The first-order valence-electron chi connectivity index (χ1n) is 5.87. The summed E-state index contributed by atoms with van der Waals surface area (Å²) in [6.07, 6.45) is 0. The predicted molar refractivity (Wildman–Crippen MR) is 70.4 cm³/mol. The van der Waals surface area contributed by atoms with Gasteiger partial charge < -0.3 is 0 Å². The van der Waals surface area contributed by atoms with Gasteiger partial charge in [-0.25, -0.2) is 4.21 Å². The van der Waals surface area contributed by atoms with Gasteiger partial charge in [-0.15, -0.1) is 0 Å². The molecule has 0 saturated heterocycles. The van der Waals surface area contributed by atoms with Crippen molar-refractivity contribution in [1.29, 1.82) is 0 Å². The number of hydrogen-bond donors (Lipinski definition) is 1. The minimum atomic E-state index is -1.95. The van der Waals surface area contributed by atoms with E-state index in [0.29, 0.717) is 11.8 Å². The van der Waals surface area contributed by atoms with E-state index in [4.69, 9.17) is 0 Å². The lowest BCUT2D eigenvalue weighted by Crippen LogP contribution is -2.60. The lowest BCUT2D eigenvalue weighted by molar-refractivity contribution is 0.0441. The summed E-state index contributed by atoms with van der Waals surface area (Å²) in [6.45, 7) is 16.4. The molecule has 0 aromatic heterocycles. The van der Waals surface area contributed by atoms with Crippen LogP contribution in [0.5, 0.6) is 0 Å². The van der Waals surface area contributed by atoms with Gasteiger partial charge in [-0.05, 0) is 39.5 Å². The zero-order valence-corrected chi connectivity index (χ0v) is 12.7. The Morgan fingerprint density at radius 1 is 0.938 bits per heavy atom. The van der Waals surface area contributed by atoms with Gasteiger partial charge in [-0.3, -0.25) is 4.55 Å². The molecule has 0 aromatic rings. The molecule has 0 aliphatic heterocycles. The highest BCUT2D eigenvalue weighted by Crippen LogP contribution is 2.36. The highest BCUT2D eigenvalue weighted by molar-refractivity contribution is 7.76. The second-order valence-electron chi connectivity index (χ2n) is 6.14. The van der Waals surface area contributed by atoms with Crippen LogP contribution in [0.15, 0.2) is 0 Å². The first-order valence-corrected chi connectivity index (χ1v) is 6.93. The third-order valence-electron chi connectivity index (χ3n) is 4.03. The highest BCUT2D eigenvalue weighted by atomic mass is 32.2. The van der Waals surface area contributed by atoms with Crippen LogP contribution in [0.4, 0.5) is 0 Å². The molecule has 1 N–H and O–H groups in total. The molecule has 0 aromatic carbocycles. The molecule has 1 unspecified atom stereocenters. The fraction of sp³-hybridized carbons (Fsp3) is 1.00. The van der Waals surface area contributed by atoms with Crippen LogP contribution in [-0.2, 0) is 11.3 Å². The van der Waals surface area contributed by atoms with Gasteiger partial charge >= 0.3 is 0 Å². The Bertz CT molecular complexity index is 240. The summed E-state index contributed by atoms with van der Waals surface area (Å²) in [5, 5.41) is 0. The summed E-state index contributed by atoms with van der Waals surface area (Å²) < 4.78 is 22.9. The van der Waals surface area contributed by atoms with Crippen molar-refractivity contribution in [2.75, 3.05) is 0 Å². The van der Waals surface area contributed by atoms with Gasteiger partial charge in [0, 0.05) is 11.1 Å². The van der Waals surface area contributed by atoms with Crippen molar-refractivity contribution in [3.8, 4) is 0 Å². The third-order valence-corrected chi connectivity index (χ3v) is 5.28. The van der Waals surface area contributed by atoms with Gasteiger partial charge in [-0.1, -0.05) is 27.7 Å². The largest absolute Gasteiger partial charge is 0.294 e. The van der Waals surface area contributed by atoms with Gasteiger partial charge in [0.2, 0.25) is 11.3 Å². The molecule has 0 aliphatic carbocycles. The maximum absolute atomic E-state index is 11.6. The number of nitrogens with zero attached hydrogens (tertiary/aromatic N) is 1. The van der Waals surface area contributed by atoms with Crippen molar-refractivity contribution in [2.45, 2.75) is 66.5 Å². The summed E-state index contributed by atoms with van der Waals surface area (Å²) in [7, 11) is 0. The molecule has 0 saturated carbocycles. The Kier molecular flexibility index (Phi) is 5.17. The molecule has 0 bridgehead atoms. The minimum Gasteiger partial charge on any atom is -0.294 e. The molecule has 0 heterocycles. The molecule has 98 valence electrons. The molecule has 0 amide bonds. The van der Waals surface area contributed by atoms with E-state index in [-0.39, 0.29) is 11.1 Å². The zero-order chi connectivity index (χ0) is 13.3. The van der Waals surface area contributed by atoms with Crippen LogP contribution in [0.1, 0.15) is 55.4 Å². The third kappa shape index (κ3) is 3.05. The molecule has 1 atom stereocenters. The fourth-order valence-electron chi connectivity index (χ4n) is 1.61. The summed E-state index contributed by atoms with van der Waals surface area (Å²) in [5.41, 5.74) is -0.624. The SMILES string of the molecule is CC(C)C(C)(C)N(S(=O)O)C(C)(C)C(C)C. The summed E-state index contributed by atoms with van der Waals surface area (Å²) in [6, 6.07) is 0. The van der Waals surface area contributed by atoms with Crippen LogP contribution in [0.3, 0.4) is 0 Å². The minimum absolute atomic E-state index is 0.307. The van der Waals surface area contributed by atoms with Crippen molar-refractivity contribution >= 4 is 11.3 Å². The van der Waals surface area contributed by atoms with Crippen LogP contribution in [-0.4, -0.2) is 24.1 Å². The van der Waals surface area contributed by atoms with Crippen molar-refractivity contribution in [2.24, 2.45) is 11.8 Å². The summed E-state index contributed by atoms with van der Waals surface area (Å²) >= 11 is -1.95. The van der Waals surface area contributed by atoms with Crippen LogP contribution in [0.2, 0.25) is 0 Å². The van der Waals surface area contributed by atoms with Gasteiger partial charge in [0.25, 0.3) is 0 Å². The summed E-state index contributed by atoms with van der Waals surface area (Å²) in [4.78, 5) is 0. The van der Waals surface area contributed by atoms with Crippen LogP contribution >= 0.6 is 0 Å². The Morgan fingerprint density at radius 3 is 1.31 bits per heavy atom. The van der Waals surface area contributed by atoms with E-state index < -0.39 is 11.3 Å². The van der Waals surface area contributed by atoms with E-state index in [1.807, 2.05) is 27.7 Å². The Labute approximate surface area is 103 Å². The molecule has 4 heteroatoms. The van der Waals surface area contributed by atoms with E-state index in [1.165, 1.54) is 0 Å². The van der Waals surface area contributed by atoms with Crippen molar-refractivity contribution < 1.29 is 8.76 Å². The number of hydrogen-bond acceptors (Lipinski definition) is 1. The molecule has 0 fully saturated rings. The van der Waals surface area contributed by atoms with E-state index in [0.717, 1.165) is 0 Å². The van der Waals surface area contributed by atoms with Crippen molar-refractivity contribution in [3.63, 3.8) is 0 Å². The van der Waals surface area contributed by atoms with E-state index >= 15 is 0 Å². The van der Waals surface area contributed by atoms with Crippen LogP contribution in [0, 0.1) is 11.8 Å². The van der Waals surface area contributed by atoms with Gasteiger partial charge in [0.05, 0.1) is 0 Å². The highest BCUT2D eigenvalue weighted by Gasteiger charge is 2.44. The smallest absolute Gasteiger partial charge is 0.235 e. The van der Waals surface area contributed by atoms with E-state index in [9.17, 15) is 8.76 Å². The second-order valence-corrected chi connectivity index (χ2v) is 6.97. The van der Waals surface area contributed by atoms with E-state index in [1.54, 1.807) is 4.31 Å². The Morgan fingerprint density at radius 2 is 1.19 bits per heavy atom. The molecule has 0 rings (SSSR count). The Balaban J connectivity index is 5.42. The molecular formula is C12H27NO2S. The standard InChI is InChI=1S/C12H27NO2S/c1-9(2)11(5,6)13(16(14)15)12(7,8)10(3)4/h9-10H,1-8H3,(H,14,15). The summed E-state index contributed by atoms with van der Waals surface area (Å²) in [5.74, 6) is 0.614. The number of rotatable bonds is 5. The van der Waals surface area contributed by atoms with Gasteiger partial charge in [-0.2, -0.15) is 4.31 Å². The average molecular weight is 249 g/mol. The average Bonchev–Trinajstić information content (AvgIpc) is 2.00. The molecule has 0 spiro atoms. The van der Waals surface area contributed by atoms with Crippen LogP contribution < -0.4 is 0 Å². The lowest BCUT2D eigenvalue weighted by Gasteiger charge is -2.49. The maximum Gasteiger partial charge on any atom is 0.235 e. The second kappa shape index (κ2) is 5.15. The first kappa shape index (κ1) is 16.1. The maximum atomic E-state index is 11.6. The quantitative estimate of drug-likeness (QED) is 0.760. The lowest BCUT2D eigenvalue weighted by atomic mass is 9.83. The monoisotopic (exact) mass is 249 g/mol. The topological polar surface area (TPSA) is 40.5 Å². The Hall–Kier alpha value is 0.0700. The normalized spacial score (nSPS) is 16.2. The van der Waals surface area contributed by atoms with Gasteiger partial charge in [0.1, 0.15) is 0 Å². The molecule has 0 aliphatic rings. The molecular weight excluding hydrogens is 222 g/mol. The van der Waals surface area contributed by atoms with Gasteiger partial charge in [0.15, 0.2) is 0 Å². The molecule has 0 radical (unpaired) electrons. The molecule has 16 heavy (non-hydrogen) atoms.